The van der Waals surface area contributed by atoms with E-state index in [4.69, 9.17) is 21.1 Å². The Bertz CT molecular complexity index is 2110. The minimum absolute atomic E-state index is 0.380. The lowest BCUT2D eigenvalue weighted by molar-refractivity contribution is 0.394. The zero-order chi connectivity index (χ0) is 29.9. The SMILES string of the molecule is COc1cc(OC)cc(C(/C(=C(\C#N)c2c[nH]c3ccccc23)c2ccc(Cl)cc2)=C(/C#N)c2c[nH]c3ccccc23)c1. The van der Waals surface area contributed by atoms with Crippen molar-refractivity contribution in [2.24, 2.45) is 0 Å². The quantitative estimate of drug-likeness (QED) is 0.145. The smallest absolute Gasteiger partial charge is 0.123 e. The van der Waals surface area contributed by atoms with E-state index < -0.39 is 0 Å². The molecule has 7 heteroatoms. The molecule has 0 radical (unpaired) electrons. The van der Waals surface area contributed by atoms with Crippen LogP contribution in [0, 0.1) is 22.7 Å². The third kappa shape index (κ3) is 5.02. The Balaban J connectivity index is 1.82. The largest absolute Gasteiger partial charge is 0.497 e. The molecule has 6 rings (SSSR count). The Hall–Kier alpha value is -5.69. The van der Waals surface area contributed by atoms with Crippen LogP contribution in [-0.2, 0) is 0 Å². The maximum absolute atomic E-state index is 10.9. The summed E-state index contributed by atoms with van der Waals surface area (Å²) in [5.74, 6) is 1.09. The number of nitrogens with zero attached hydrogens (tertiary/aromatic N) is 2. The van der Waals surface area contributed by atoms with Crippen molar-refractivity contribution in [3.63, 3.8) is 0 Å². The molecule has 6 nitrogen and oxygen atoms in total. The van der Waals surface area contributed by atoms with E-state index in [1.807, 2.05) is 85.2 Å². The number of nitriles is 2. The highest BCUT2D eigenvalue weighted by Crippen LogP contribution is 2.45. The van der Waals surface area contributed by atoms with E-state index in [1.54, 1.807) is 32.4 Å². The van der Waals surface area contributed by atoms with Crippen molar-refractivity contribution in [3.8, 4) is 23.6 Å². The molecule has 4 aromatic carbocycles. The van der Waals surface area contributed by atoms with Gasteiger partial charge in [0.25, 0.3) is 0 Å². The molecule has 0 saturated carbocycles. The van der Waals surface area contributed by atoms with E-state index in [0.29, 0.717) is 55.5 Å². The van der Waals surface area contributed by atoms with Crippen LogP contribution in [0.15, 0.2) is 103 Å². The molecule has 2 heterocycles. The monoisotopic (exact) mass is 580 g/mol. The highest BCUT2D eigenvalue weighted by atomic mass is 35.5. The Kier molecular flexibility index (Phi) is 7.45. The molecule has 0 atom stereocenters. The van der Waals surface area contributed by atoms with Gasteiger partial charge in [0.1, 0.15) is 23.6 Å². The van der Waals surface area contributed by atoms with E-state index in [1.165, 1.54) is 0 Å². The number of ether oxygens (including phenoxy) is 2. The maximum Gasteiger partial charge on any atom is 0.123 e. The second-order valence-electron chi connectivity index (χ2n) is 9.83. The van der Waals surface area contributed by atoms with Gasteiger partial charge in [0.05, 0.1) is 25.4 Å². The number of aromatic amines is 2. The Morgan fingerprint density at radius 3 is 1.56 bits per heavy atom. The van der Waals surface area contributed by atoms with Crippen molar-refractivity contribution in [1.29, 1.82) is 10.5 Å². The topological polar surface area (TPSA) is 97.6 Å². The standard InChI is InChI=1S/C36H25ClN4O2/c1-42-25-15-23(16-26(17-25)43-2)36(30(19-39)32-21-41-34-10-6-4-8-28(32)34)35(22-11-13-24(37)14-12-22)29(18-38)31-20-40-33-9-5-3-7-27(31)33/h3-17,20-21,40-41H,1-2H3/b35-29+,36-30+. The molecule has 0 saturated heterocycles. The lowest BCUT2D eigenvalue weighted by Crippen LogP contribution is -2.00. The van der Waals surface area contributed by atoms with Crippen molar-refractivity contribution in [2.75, 3.05) is 14.2 Å². The van der Waals surface area contributed by atoms with Crippen molar-refractivity contribution in [2.45, 2.75) is 0 Å². The third-order valence-corrected chi connectivity index (χ3v) is 7.72. The Morgan fingerprint density at radius 2 is 1.09 bits per heavy atom. The molecule has 0 spiro atoms. The Morgan fingerprint density at radius 1 is 0.628 bits per heavy atom. The van der Waals surface area contributed by atoms with Crippen LogP contribution in [0.25, 0.3) is 44.1 Å². The van der Waals surface area contributed by atoms with Gasteiger partial charge in [0, 0.05) is 67.6 Å². The molecule has 43 heavy (non-hydrogen) atoms. The third-order valence-electron chi connectivity index (χ3n) is 7.46. The molecule has 0 fully saturated rings. The summed E-state index contributed by atoms with van der Waals surface area (Å²) in [5, 5.41) is 24.1. The lowest BCUT2D eigenvalue weighted by Gasteiger charge is -2.20. The van der Waals surface area contributed by atoms with Crippen molar-refractivity contribution < 1.29 is 9.47 Å². The second-order valence-corrected chi connectivity index (χ2v) is 10.3. The summed E-state index contributed by atoms with van der Waals surface area (Å²) in [6, 6.07) is 33.4. The van der Waals surface area contributed by atoms with Gasteiger partial charge in [-0.3, -0.25) is 0 Å². The number of methoxy groups -OCH3 is 2. The van der Waals surface area contributed by atoms with Gasteiger partial charge in [-0.2, -0.15) is 10.5 Å². The van der Waals surface area contributed by atoms with Crippen LogP contribution >= 0.6 is 11.6 Å². The van der Waals surface area contributed by atoms with Gasteiger partial charge in [0.2, 0.25) is 0 Å². The molecule has 0 aliphatic rings. The number of benzene rings is 4. The van der Waals surface area contributed by atoms with Gasteiger partial charge in [-0.25, -0.2) is 0 Å². The summed E-state index contributed by atoms with van der Waals surface area (Å²) >= 11 is 6.33. The molecular formula is C36H25ClN4O2. The molecule has 0 aliphatic heterocycles. The van der Waals surface area contributed by atoms with E-state index in [-0.39, 0.29) is 0 Å². The van der Waals surface area contributed by atoms with Crippen molar-refractivity contribution >= 4 is 55.7 Å². The number of rotatable bonds is 7. The zero-order valence-electron chi connectivity index (χ0n) is 23.4. The molecule has 0 aliphatic carbocycles. The maximum atomic E-state index is 10.9. The van der Waals surface area contributed by atoms with Gasteiger partial charge in [-0.15, -0.1) is 0 Å². The fourth-order valence-corrected chi connectivity index (χ4v) is 5.58. The summed E-state index contributed by atoms with van der Waals surface area (Å²) in [7, 11) is 3.16. The molecule has 0 amide bonds. The van der Waals surface area contributed by atoms with E-state index >= 15 is 0 Å². The number of para-hydroxylation sites is 2. The molecule has 6 aromatic rings. The normalized spacial score (nSPS) is 12.3. The summed E-state index contributed by atoms with van der Waals surface area (Å²) < 4.78 is 11.3. The fourth-order valence-electron chi connectivity index (χ4n) is 5.45. The van der Waals surface area contributed by atoms with Gasteiger partial charge in [-0.1, -0.05) is 60.1 Å². The predicted molar refractivity (Wildman–Crippen MR) is 172 cm³/mol. The minimum Gasteiger partial charge on any atom is -0.497 e. The fraction of sp³-hybridized carbons (Fsp3) is 0.0556. The van der Waals surface area contributed by atoms with E-state index in [9.17, 15) is 10.5 Å². The van der Waals surface area contributed by atoms with Crippen LogP contribution in [0.1, 0.15) is 22.3 Å². The number of hydrogen-bond acceptors (Lipinski definition) is 4. The number of halogens is 1. The number of nitrogens with one attached hydrogen (secondary N) is 2. The first-order valence-electron chi connectivity index (χ1n) is 13.5. The molecule has 0 bridgehead atoms. The van der Waals surface area contributed by atoms with Crippen molar-refractivity contribution in [1.82, 2.24) is 9.97 Å². The average molecular weight is 581 g/mol. The minimum atomic E-state index is 0.380. The highest BCUT2D eigenvalue weighted by molar-refractivity contribution is 6.31. The zero-order valence-corrected chi connectivity index (χ0v) is 24.2. The van der Waals surface area contributed by atoms with Gasteiger partial charge < -0.3 is 19.4 Å². The van der Waals surface area contributed by atoms with Crippen LogP contribution < -0.4 is 9.47 Å². The molecular weight excluding hydrogens is 556 g/mol. The lowest BCUT2D eigenvalue weighted by atomic mass is 9.82. The number of hydrogen-bond donors (Lipinski definition) is 2. The first-order chi connectivity index (χ1) is 21.1. The van der Waals surface area contributed by atoms with Crippen LogP contribution in [0.4, 0.5) is 0 Å². The van der Waals surface area contributed by atoms with Gasteiger partial charge in [-0.05, 0) is 47.5 Å². The average Bonchev–Trinajstić information content (AvgIpc) is 3.68. The Labute approximate surface area is 253 Å². The molecule has 208 valence electrons. The van der Waals surface area contributed by atoms with Crippen LogP contribution in [-0.4, -0.2) is 24.2 Å². The van der Waals surface area contributed by atoms with Crippen LogP contribution in [0.2, 0.25) is 5.02 Å². The molecule has 0 unspecified atom stereocenters. The predicted octanol–water partition coefficient (Wildman–Crippen LogP) is 8.89. The first kappa shape index (κ1) is 27.5. The first-order valence-corrected chi connectivity index (χ1v) is 13.9. The van der Waals surface area contributed by atoms with Crippen LogP contribution in [0.3, 0.4) is 0 Å². The highest BCUT2D eigenvalue weighted by Gasteiger charge is 2.26. The number of aromatic nitrogens is 2. The van der Waals surface area contributed by atoms with Crippen molar-refractivity contribution in [3.05, 3.63) is 131 Å². The molecule has 2 aromatic heterocycles. The summed E-state index contributed by atoms with van der Waals surface area (Å²) in [6.07, 6.45) is 3.67. The molecule has 2 N–H and O–H groups in total. The number of H-pyrrole nitrogens is 2. The second kappa shape index (κ2) is 11.7. The number of allylic oxidation sites excluding steroid dienone is 4. The summed E-state index contributed by atoms with van der Waals surface area (Å²) in [6.45, 7) is 0. The number of fused-ring (bicyclic) bond motifs is 2. The van der Waals surface area contributed by atoms with E-state index in [2.05, 4.69) is 22.1 Å². The van der Waals surface area contributed by atoms with Crippen LogP contribution in [0.5, 0.6) is 11.5 Å². The van der Waals surface area contributed by atoms with Gasteiger partial charge >= 0.3 is 0 Å². The summed E-state index contributed by atoms with van der Waals surface area (Å²) in [4.78, 5) is 6.59. The van der Waals surface area contributed by atoms with E-state index in [0.717, 1.165) is 27.4 Å². The summed E-state index contributed by atoms with van der Waals surface area (Å²) in [5.41, 5.74) is 6.47. The van der Waals surface area contributed by atoms with Gasteiger partial charge in [0.15, 0.2) is 0 Å².